The molecule has 1 aromatic heterocycles. The zero-order valence-electron chi connectivity index (χ0n) is 16.0. The summed E-state index contributed by atoms with van der Waals surface area (Å²) >= 11 is 7.36. The number of rotatable bonds is 7. The van der Waals surface area contributed by atoms with Crippen LogP contribution in [0.2, 0.25) is 0 Å². The van der Waals surface area contributed by atoms with Crippen LogP contribution in [0.3, 0.4) is 0 Å². The molecule has 7 heteroatoms. The molecular weight excluding hydrogens is 376 g/mol. The number of likely N-dealkylation sites (N-methyl/N-ethyl adjacent to an activating group) is 1. The minimum absolute atomic E-state index is 0.334. The van der Waals surface area contributed by atoms with E-state index in [4.69, 9.17) is 17.0 Å². The molecule has 2 aromatic rings. The summed E-state index contributed by atoms with van der Waals surface area (Å²) in [5.41, 5.74) is 0.893. The molecule has 1 fully saturated rings. The van der Waals surface area contributed by atoms with Gasteiger partial charge in [0.1, 0.15) is 5.75 Å². The zero-order valence-corrected chi connectivity index (χ0v) is 17.6. The summed E-state index contributed by atoms with van der Waals surface area (Å²) in [6, 6.07) is 12.6. The van der Waals surface area contributed by atoms with Gasteiger partial charge in [0.15, 0.2) is 5.11 Å². The summed E-state index contributed by atoms with van der Waals surface area (Å²) in [6.45, 7) is 7.76. The van der Waals surface area contributed by atoms with Crippen molar-refractivity contribution in [2.24, 2.45) is 0 Å². The molecule has 3 rings (SSSR count). The molecular formula is C20H28N4OS2. The van der Waals surface area contributed by atoms with Gasteiger partial charge in [0, 0.05) is 37.6 Å². The van der Waals surface area contributed by atoms with E-state index in [1.165, 1.54) is 4.88 Å². The molecule has 0 spiro atoms. The van der Waals surface area contributed by atoms with Gasteiger partial charge in [0.2, 0.25) is 0 Å². The largest absolute Gasteiger partial charge is 0.492 e. The second-order valence-corrected chi connectivity index (χ2v) is 8.02. The summed E-state index contributed by atoms with van der Waals surface area (Å²) < 4.78 is 5.67. The van der Waals surface area contributed by atoms with Crippen LogP contribution in [0.25, 0.3) is 0 Å². The maximum absolute atomic E-state index is 5.67. The maximum Gasteiger partial charge on any atom is 0.170 e. The van der Waals surface area contributed by atoms with Gasteiger partial charge in [0.05, 0.1) is 18.3 Å². The monoisotopic (exact) mass is 404 g/mol. The van der Waals surface area contributed by atoms with E-state index >= 15 is 0 Å². The van der Waals surface area contributed by atoms with Crippen molar-refractivity contribution in [3.05, 3.63) is 46.7 Å². The Bertz CT molecular complexity index is 715. The number of benzene rings is 1. The first-order chi connectivity index (χ1) is 13.2. The standard InChI is InChI=1S/C20H28N4OS2/c1-3-25-18-8-5-4-7-16(18)22-20(26)21-15-17(19-9-6-14-27-19)24-12-10-23(2)11-13-24/h4-9,14,17H,3,10-13,15H2,1-2H3,(H2,21,22,26)/t17-/m1/s1. The second-order valence-electron chi connectivity index (χ2n) is 6.63. The minimum Gasteiger partial charge on any atom is -0.492 e. The highest BCUT2D eigenvalue weighted by Gasteiger charge is 2.24. The van der Waals surface area contributed by atoms with Crippen molar-refractivity contribution in [3.63, 3.8) is 0 Å². The molecule has 1 atom stereocenters. The van der Waals surface area contributed by atoms with Crippen LogP contribution < -0.4 is 15.4 Å². The van der Waals surface area contributed by atoms with Gasteiger partial charge < -0.3 is 20.3 Å². The molecule has 1 saturated heterocycles. The maximum atomic E-state index is 5.67. The van der Waals surface area contributed by atoms with Crippen molar-refractivity contribution in [3.8, 4) is 5.75 Å². The van der Waals surface area contributed by atoms with Crippen LogP contribution in [0.15, 0.2) is 41.8 Å². The first-order valence-corrected chi connectivity index (χ1v) is 10.7. The molecule has 0 aliphatic carbocycles. The van der Waals surface area contributed by atoms with Crippen LogP contribution in [-0.4, -0.2) is 61.3 Å². The summed E-state index contributed by atoms with van der Waals surface area (Å²) in [6.07, 6.45) is 0. The third-order valence-electron chi connectivity index (χ3n) is 4.74. The van der Waals surface area contributed by atoms with Gasteiger partial charge in [-0.1, -0.05) is 18.2 Å². The lowest BCUT2D eigenvalue weighted by molar-refractivity contribution is 0.114. The van der Waals surface area contributed by atoms with E-state index in [2.05, 4.69) is 45.0 Å². The lowest BCUT2D eigenvalue weighted by Gasteiger charge is -2.37. The fraction of sp³-hybridized carbons (Fsp3) is 0.450. The van der Waals surface area contributed by atoms with Gasteiger partial charge in [-0.3, -0.25) is 4.90 Å². The Morgan fingerprint density at radius 3 is 2.67 bits per heavy atom. The van der Waals surface area contributed by atoms with Gasteiger partial charge in [-0.15, -0.1) is 11.3 Å². The van der Waals surface area contributed by atoms with Crippen LogP contribution in [0.4, 0.5) is 5.69 Å². The normalized spacial score (nSPS) is 16.7. The molecule has 0 amide bonds. The van der Waals surface area contributed by atoms with E-state index in [1.54, 1.807) is 0 Å². The van der Waals surface area contributed by atoms with E-state index in [0.29, 0.717) is 17.8 Å². The summed E-state index contributed by atoms with van der Waals surface area (Å²) in [4.78, 5) is 6.31. The number of thiocarbonyl (C=S) groups is 1. The number of nitrogens with one attached hydrogen (secondary N) is 2. The van der Waals surface area contributed by atoms with Crippen LogP contribution in [-0.2, 0) is 0 Å². The SMILES string of the molecule is CCOc1ccccc1NC(=S)NC[C@H](c1cccs1)N1CCN(C)CC1. The van der Waals surface area contributed by atoms with Crippen LogP contribution >= 0.6 is 23.6 Å². The Hall–Kier alpha value is -1.67. The highest BCUT2D eigenvalue weighted by molar-refractivity contribution is 7.80. The average Bonchev–Trinajstić information content (AvgIpc) is 3.19. The lowest BCUT2D eigenvalue weighted by Crippen LogP contribution is -2.48. The van der Waals surface area contributed by atoms with Crippen molar-refractivity contribution in [1.29, 1.82) is 0 Å². The molecule has 2 N–H and O–H groups in total. The molecule has 1 aliphatic rings. The predicted octanol–water partition coefficient (Wildman–Crippen LogP) is 3.42. The number of piperazine rings is 1. The van der Waals surface area contributed by atoms with Crippen molar-refractivity contribution < 1.29 is 4.74 Å². The van der Waals surface area contributed by atoms with E-state index in [1.807, 2.05) is 42.5 Å². The van der Waals surface area contributed by atoms with E-state index < -0.39 is 0 Å². The second kappa shape index (κ2) is 10.0. The van der Waals surface area contributed by atoms with Crippen molar-refractivity contribution in [2.75, 3.05) is 51.7 Å². The topological polar surface area (TPSA) is 39.8 Å². The van der Waals surface area contributed by atoms with Crippen molar-refractivity contribution >= 4 is 34.4 Å². The first-order valence-electron chi connectivity index (χ1n) is 9.40. The number of nitrogens with zero attached hydrogens (tertiary/aromatic N) is 2. The number of hydrogen-bond donors (Lipinski definition) is 2. The highest BCUT2D eigenvalue weighted by atomic mass is 32.1. The molecule has 0 unspecified atom stereocenters. The van der Waals surface area contributed by atoms with E-state index in [0.717, 1.165) is 44.2 Å². The molecule has 5 nitrogen and oxygen atoms in total. The number of anilines is 1. The fourth-order valence-electron chi connectivity index (χ4n) is 3.23. The first kappa shape index (κ1) is 20.1. The van der Waals surface area contributed by atoms with Gasteiger partial charge in [-0.25, -0.2) is 0 Å². The number of thiophene rings is 1. The molecule has 0 radical (unpaired) electrons. The third kappa shape index (κ3) is 5.65. The Kier molecular flexibility index (Phi) is 7.46. The van der Waals surface area contributed by atoms with Crippen LogP contribution in [0, 0.1) is 0 Å². The van der Waals surface area contributed by atoms with Crippen LogP contribution in [0.5, 0.6) is 5.75 Å². The van der Waals surface area contributed by atoms with Crippen molar-refractivity contribution in [2.45, 2.75) is 13.0 Å². The quantitative estimate of drug-likeness (QED) is 0.689. The zero-order chi connectivity index (χ0) is 19.1. The Morgan fingerprint density at radius 2 is 1.96 bits per heavy atom. The predicted molar refractivity (Wildman–Crippen MR) is 118 cm³/mol. The Morgan fingerprint density at radius 1 is 1.19 bits per heavy atom. The van der Waals surface area contributed by atoms with Crippen molar-refractivity contribution in [1.82, 2.24) is 15.1 Å². The third-order valence-corrected chi connectivity index (χ3v) is 5.96. The average molecular weight is 405 g/mol. The molecule has 2 heterocycles. The van der Waals surface area contributed by atoms with Gasteiger partial charge >= 0.3 is 0 Å². The molecule has 1 aliphatic heterocycles. The van der Waals surface area contributed by atoms with E-state index in [-0.39, 0.29) is 0 Å². The Labute approximate surface area is 171 Å². The molecule has 1 aromatic carbocycles. The molecule has 27 heavy (non-hydrogen) atoms. The smallest absolute Gasteiger partial charge is 0.170 e. The summed E-state index contributed by atoms with van der Waals surface area (Å²) in [5.74, 6) is 0.818. The summed E-state index contributed by atoms with van der Waals surface area (Å²) in [7, 11) is 2.19. The van der Waals surface area contributed by atoms with E-state index in [9.17, 15) is 0 Å². The van der Waals surface area contributed by atoms with Gasteiger partial charge in [-0.05, 0) is 49.8 Å². The van der Waals surface area contributed by atoms with Gasteiger partial charge in [-0.2, -0.15) is 0 Å². The minimum atomic E-state index is 0.334. The lowest BCUT2D eigenvalue weighted by atomic mass is 10.1. The number of para-hydroxylation sites is 2. The summed E-state index contributed by atoms with van der Waals surface area (Å²) in [5, 5.41) is 9.46. The molecule has 0 saturated carbocycles. The number of ether oxygens (including phenoxy) is 1. The fourth-order valence-corrected chi connectivity index (χ4v) is 4.29. The van der Waals surface area contributed by atoms with Crippen LogP contribution in [0.1, 0.15) is 17.8 Å². The van der Waals surface area contributed by atoms with Gasteiger partial charge in [0.25, 0.3) is 0 Å². The molecule has 146 valence electrons. The Balaban J connectivity index is 1.61. The molecule has 0 bridgehead atoms. The number of hydrogen-bond acceptors (Lipinski definition) is 5. The highest BCUT2D eigenvalue weighted by Crippen LogP contribution is 2.26.